The Morgan fingerprint density at radius 3 is 2.81 bits per heavy atom. The number of sulfonamides is 1. The van der Waals surface area contributed by atoms with Crippen molar-refractivity contribution in [2.45, 2.75) is 18.4 Å². The van der Waals surface area contributed by atoms with Crippen molar-refractivity contribution in [3.63, 3.8) is 0 Å². The molecule has 0 bridgehead atoms. The molecule has 0 atom stereocenters. The minimum Gasteiger partial charge on any atom is -0.313 e. The molecule has 1 aromatic heterocycles. The molecule has 114 valence electrons. The van der Waals surface area contributed by atoms with Crippen LogP contribution in [0.4, 0.5) is 9.52 Å². The molecule has 0 saturated heterocycles. The van der Waals surface area contributed by atoms with Gasteiger partial charge in [-0.1, -0.05) is 29.9 Å². The first-order valence-electron chi connectivity index (χ1n) is 5.91. The van der Waals surface area contributed by atoms with Crippen LogP contribution in [0.3, 0.4) is 0 Å². The van der Waals surface area contributed by atoms with Crippen LogP contribution >= 0.6 is 22.9 Å². The maximum Gasteiger partial charge on any atom is 0.266 e. The lowest BCUT2D eigenvalue weighted by Gasteiger charge is -2.11. The number of aromatic nitrogens is 2. The van der Waals surface area contributed by atoms with Gasteiger partial charge in [0, 0.05) is 17.1 Å². The second-order valence-electron chi connectivity index (χ2n) is 4.01. The van der Waals surface area contributed by atoms with E-state index in [0.717, 1.165) is 17.4 Å². The van der Waals surface area contributed by atoms with Crippen molar-refractivity contribution in [3.8, 4) is 0 Å². The molecule has 0 saturated carbocycles. The molecule has 2 aromatic rings. The predicted octanol–water partition coefficient (Wildman–Crippen LogP) is 2.24. The number of benzene rings is 1. The average molecular weight is 351 g/mol. The summed E-state index contributed by atoms with van der Waals surface area (Å²) >= 11 is 6.87. The van der Waals surface area contributed by atoms with Crippen molar-refractivity contribution < 1.29 is 12.8 Å². The number of nitrogens with one attached hydrogen (secondary N) is 2. The SMILES string of the molecule is CCNCc1cc(Cl)cc(S(=O)(=O)Nc2nncs2)c1F. The third kappa shape index (κ3) is 3.88. The van der Waals surface area contributed by atoms with E-state index in [-0.39, 0.29) is 22.3 Å². The Kier molecular flexibility index (Phi) is 5.09. The molecule has 0 fully saturated rings. The number of anilines is 1. The lowest BCUT2D eigenvalue weighted by molar-refractivity contribution is 0.552. The lowest BCUT2D eigenvalue weighted by atomic mass is 10.2. The second-order valence-corrected chi connectivity index (χ2v) is 6.93. The Morgan fingerprint density at radius 2 is 2.19 bits per heavy atom. The zero-order valence-electron chi connectivity index (χ0n) is 10.9. The third-order valence-corrected chi connectivity index (χ3v) is 4.81. The average Bonchev–Trinajstić information content (AvgIpc) is 2.91. The smallest absolute Gasteiger partial charge is 0.266 e. The first-order valence-corrected chi connectivity index (χ1v) is 8.65. The van der Waals surface area contributed by atoms with Crippen molar-refractivity contribution in [3.05, 3.63) is 34.0 Å². The summed E-state index contributed by atoms with van der Waals surface area (Å²) in [5.41, 5.74) is 1.55. The van der Waals surface area contributed by atoms with E-state index < -0.39 is 20.7 Å². The number of rotatable bonds is 6. The monoisotopic (exact) mass is 350 g/mol. The minimum absolute atomic E-state index is 0.0580. The number of hydrogen-bond acceptors (Lipinski definition) is 6. The van der Waals surface area contributed by atoms with E-state index >= 15 is 0 Å². The van der Waals surface area contributed by atoms with Crippen LogP contribution in [0.2, 0.25) is 5.02 Å². The molecule has 1 aromatic carbocycles. The molecule has 0 aliphatic heterocycles. The van der Waals surface area contributed by atoms with Crippen LogP contribution in [0.15, 0.2) is 22.5 Å². The molecule has 2 rings (SSSR count). The van der Waals surface area contributed by atoms with Gasteiger partial charge in [-0.3, -0.25) is 4.72 Å². The molecule has 0 unspecified atom stereocenters. The van der Waals surface area contributed by atoms with Gasteiger partial charge in [-0.15, -0.1) is 10.2 Å². The molecule has 0 spiro atoms. The van der Waals surface area contributed by atoms with Gasteiger partial charge >= 0.3 is 0 Å². The highest BCUT2D eigenvalue weighted by Crippen LogP contribution is 2.26. The van der Waals surface area contributed by atoms with Crippen LogP contribution in [-0.4, -0.2) is 25.2 Å². The molecule has 6 nitrogen and oxygen atoms in total. The van der Waals surface area contributed by atoms with Crippen LogP contribution in [0.5, 0.6) is 0 Å². The van der Waals surface area contributed by atoms with E-state index in [4.69, 9.17) is 11.6 Å². The summed E-state index contributed by atoms with van der Waals surface area (Å²) in [6.45, 7) is 2.67. The van der Waals surface area contributed by atoms with Crippen LogP contribution in [0.1, 0.15) is 12.5 Å². The van der Waals surface area contributed by atoms with Crippen molar-refractivity contribution in [2.75, 3.05) is 11.3 Å². The molecule has 0 radical (unpaired) electrons. The van der Waals surface area contributed by atoms with Crippen LogP contribution in [0.25, 0.3) is 0 Å². The van der Waals surface area contributed by atoms with E-state index in [1.807, 2.05) is 6.92 Å². The zero-order chi connectivity index (χ0) is 15.5. The van der Waals surface area contributed by atoms with Gasteiger partial charge in [0.2, 0.25) is 5.13 Å². The topological polar surface area (TPSA) is 84.0 Å². The maximum atomic E-state index is 14.3. The fraction of sp³-hybridized carbons (Fsp3) is 0.273. The molecule has 0 aliphatic rings. The lowest BCUT2D eigenvalue weighted by Crippen LogP contribution is -2.18. The highest BCUT2D eigenvalue weighted by Gasteiger charge is 2.23. The largest absolute Gasteiger partial charge is 0.313 e. The summed E-state index contributed by atoms with van der Waals surface area (Å²) < 4.78 is 40.9. The first-order chi connectivity index (χ1) is 9.94. The summed E-state index contributed by atoms with van der Waals surface area (Å²) in [6, 6.07) is 2.46. The first kappa shape index (κ1) is 16.1. The van der Waals surface area contributed by atoms with Gasteiger partial charge in [0.1, 0.15) is 16.2 Å². The molecular formula is C11H12ClFN4O2S2. The molecule has 1 heterocycles. The Labute approximate surface area is 130 Å². The summed E-state index contributed by atoms with van der Waals surface area (Å²) in [5.74, 6) is -0.836. The molecular weight excluding hydrogens is 339 g/mol. The van der Waals surface area contributed by atoms with Crippen molar-refractivity contribution in [2.24, 2.45) is 0 Å². The van der Waals surface area contributed by atoms with E-state index in [0.29, 0.717) is 6.54 Å². The predicted molar refractivity (Wildman–Crippen MR) is 79.5 cm³/mol. The summed E-state index contributed by atoms with van der Waals surface area (Å²) in [6.07, 6.45) is 0. The Balaban J connectivity index is 2.40. The molecule has 0 aliphatic carbocycles. The van der Waals surface area contributed by atoms with Gasteiger partial charge in [0.05, 0.1) is 0 Å². The highest BCUT2D eigenvalue weighted by atomic mass is 35.5. The van der Waals surface area contributed by atoms with Crippen molar-refractivity contribution >= 4 is 38.1 Å². The number of nitrogens with zero attached hydrogens (tertiary/aromatic N) is 2. The number of hydrogen-bond donors (Lipinski definition) is 2. The van der Waals surface area contributed by atoms with Gasteiger partial charge in [0.25, 0.3) is 10.0 Å². The quantitative estimate of drug-likeness (QED) is 0.834. The van der Waals surface area contributed by atoms with E-state index in [9.17, 15) is 12.8 Å². The number of halogens is 2. The van der Waals surface area contributed by atoms with Gasteiger partial charge in [-0.25, -0.2) is 12.8 Å². The molecule has 21 heavy (non-hydrogen) atoms. The van der Waals surface area contributed by atoms with Gasteiger partial charge in [-0.05, 0) is 18.7 Å². The Hall–Kier alpha value is -1.29. The van der Waals surface area contributed by atoms with E-state index in [2.05, 4.69) is 20.2 Å². The van der Waals surface area contributed by atoms with Crippen LogP contribution < -0.4 is 10.0 Å². The standard InChI is InChI=1S/C11H12ClFN4O2S2/c1-2-14-5-7-3-8(12)4-9(10(7)13)21(18,19)17-11-16-15-6-20-11/h3-4,6,14H,2,5H2,1H3,(H,16,17). The van der Waals surface area contributed by atoms with E-state index in [1.165, 1.54) is 11.6 Å². The van der Waals surface area contributed by atoms with Gasteiger partial charge in [0.15, 0.2) is 0 Å². The van der Waals surface area contributed by atoms with Gasteiger partial charge < -0.3 is 5.32 Å². The second kappa shape index (κ2) is 6.65. The molecule has 10 heteroatoms. The highest BCUT2D eigenvalue weighted by molar-refractivity contribution is 7.93. The fourth-order valence-electron chi connectivity index (χ4n) is 1.59. The van der Waals surface area contributed by atoms with Crippen LogP contribution in [-0.2, 0) is 16.6 Å². The maximum absolute atomic E-state index is 14.3. The minimum atomic E-state index is -4.11. The Bertz CT molecular complexity index is 722. The van der Waals surface area contributed by atoms with Crippen molar-refractivity contribution in [1.82, 2.24) is 15.5 Å². The normalized spacial score (nSPS) is 11.6. The third-order valence-electron chi connectivity index (χ3n) is 2.52. The Morgan fingerprint density at radius 1 is 1.43 bits per heavy atom. The summed E-state index contributed by atoms with van der Waals surface area (Å²) in [5, 5.41) is 10.2. The van der Waals surface area contributed by atoms with Crippen LogP contribution in [0, 0.1) is 5.82 Å². The molecule has 2 N–H and O–H groups in total. The summed E-state index contributed by atoms with van der Waals surface area (Å²) in [4.78, 5) is -0.516. The van der Waals surface area contributed by atoms with E-state index in [1.54, 1.807) is 0 Å². The van der Waals surface area contributed by atoms with Gasteiger partial charge in [-0.2, -0.15) is 0 Å². The summed E-state index contributed by atoms with van der Waals surface area (Å²) in [7, 11) is -4.11. The fourth-order valence-corrected chi connectivity index (χ4v) is 3.73. The molecule has 0 amide bonds. The van der Waals surface area contributed by atoms with Crippen molar-refractivity contribution in [1.29, 1.82) is 0 Å². The zero-order valence-corrected chi connectivity index (χ0v) is 13.3.